The first-order valence-corrected chi connectivity index (χ1v) is 7.66. The van der Waals surface area contributed by atoms with Crippen molar-refractivity contribution in [3.63, 3.8) is 0 Å². The van der Waals surface area contributed by atoms with Gasteiger partial charge in [0.1, 0.15) is 11.7 Å². The Morgan fingerprint density at radius 2 is 2.04 bits per heavy atom. The highest BCUT2D eigenvalue weighted by Crippen LogP contribution is 2.25. The van der Waals surface area contributed by atoms with Crippen molar-refractivity contribution in [3.8, 4) is 11.3 Å². The summed E-state index contributed by atoms with van der Waals surface area (Å²) in [6.07, 6.45) is 0.169. The first-order valence-electron chi connectivity index (χ1n) is 7.66. The maximum absolute atomic E-state index is 12.7. The lowest BCUT2D eigenvalue weighted by Gasteiger charge is -2.20. The third-order valence-electron chi connectivity index (χ3n) is 4.25. The lowest BCUT2D eigenvalue weighted by molar-refractivity contribution is -0.121. The lowest BCUT2D eigenvalue weighted by atomic mass is 10.1. The molecule has 2 heterocycles. The monoisotopic (exact) mass is 329 g/mol. The van der Waals surface area contributed by atoms with Crippen LogP contribution in [-0.2, 0) is 9.53 Å². The maximum Gasteiger partial charge on any atom is 0.293 e. The molecule has 0 bridgehead atoms. The van der Waals surface area contributed by atoms with Crippen LogP contribution in [0.25, 0.3) is 11.3 Å². The van der Waals surface area contributed by atoms with E-state index in [1.54, 1.807) is 13.2 Å². The van der Waals surface area contributed by atoms with Gasteiger partial charge >= 0.3 is 0 Å². The zero-order valence-electron chi connectivity index (χ0n) is 13.6. The summed E-state index contributed by atoms with van der Waals surface area (Å²) in [7, 11) is 1.54. The minimum Gasteiger partial charge on any atom is -0.380 e. The van der Waals surface area contributed by atoms with E-state index in [1.165, 1.54) is 4.90 Å². The van der Waals surface area contributed by atoms with Gasteiger partial charge in [0.15, 0.2) is 0 Å². The molecule has 2 N–H and O–H groups in total. The molecule has 2 aromatic rings. The van der Waals surface area contributed by atoms with Crippen LogP contribution in [0.5, 0.6) is 0 Å². The number of nitrogens with zero attached hydrogens (tertiary/aromatic N) is 2. The van der Waals surface area contributed by atoms with E-state index in [9.17, 15) is 9.59 Å². The second-order valence-electron chi connectivity index (χ2n) is 5.91. The fourth-order valence-corrected chi connectivity index (χ4v) is 2.84. The van der Waals surface area contributed by atoms with Crippen molar-refractivity contribution in [1.82, 2.24) is 10.1 Å². The second kappa shape index (κ2) is 6.45. The number of benzene rings is 1. The number of carbonyl (C=O) groups is 2. The third-order valence-corrected chi connectivity index (χ3v) is 4.25. The van der Waals surface area contributed by atoms with E-state index < -0.39 is 17.9 Å². The summed E-state index contributed by atoms with van der Waals surface area (Å²) in [6.45, 7) is 2.29. The molecular weight excluding hydrogens is 310 g/mol. The number of likely N-dealkylation sites (tertiary alicyclic amines) is 1. The van der Waals surface area contributed by atoms with E-state index in [-0.39, 0.29) is 11.9 Å². The number of carbonyl (C=O) groups excluding carboxylic acids is 2. The SMILES string of the molecule is CO[C@H]1C[C@@H](C(N)=O)N(C(=O)c2cc(-c3ccc(C)cc3)no2)C1. The van der Waals surface area contributed by atoms with Gasteiger partial charge in [0.05, 0.1) is 6.10 Å². The van der Waals surface area contributed by atoms with Crippen LogP contribution in [0.2, 0.25) is 0 Å². The third kappa shape index (κ3) is 3.03. The number of aryl methyl sites for hydroxylation is 1. The smallest absolute Gasteiger partial charge is 0.293 e. The number of aromatic nitrogens is 1. The van der Waals surface area contributed by atoms with Crippen LogP contribution >= 0.6 is 0 Å². The normalized spacial score (nSPS) is 20.3. The Hall–Kier alpha value is -2.67. The van der Waals surface area contributed by atoms with Gasteiger partial charge in [0.25, 0.3) is 5.91 Å². The number of primary amides is 1. The molecule has 2 amide bonds. The molecule has 7 nitrogen and oxygen atoms in total. The highest BCUT2D eigenvalue weighted by atomic mass is 16.5. The molecule has 24 heavy (non-hydrogen) atoms. The van der Waals surface area contributed by atoms with E-state index in [1.807, 2.05) is 31.2 Å². The van der Waals surface area contributed by atoms with E-state index in [0.29, 0.717) is 18.7 Å². The molecule has 0 aliphatic carbocycles. The van der Waals surface area contributed by atoms with Crippen LogP contribution in [0, 0.1) is 6.92 Å². The number of amides is 2. The number of nitrogens with two attached hydrogens (primary N) is 1. The molecule has 0 unspecified atom stereocenters. The molecule has 0 saturated carbocycles. The molecule has 0 radical (unpaired) electrons. The highest BCUT2D eigenvalue weighted by molar-refractivity contribution is 5.96. The van der Waals surface area contributed by atoms with Crippen LogP contribution in [0.1, 0.15) is 22.5 Å². The number of ether oxygens (including phenoxy) is 1. The van der Waals surface area contributed by atoms with E-state index >= 15 is 0 Å². The Morgan fingerprint density at radius 3 is 2.67 bits per heavy atom. The van der Waals surface area contributed by atoms with Gasteiger partial charge in [-0.2, -0.15) is 0 Å². The van der Waals surface area contributed by atoms with E-state index in [0.717, 1.165) is 11.1 Å². The zero-order valence-corrected chi connectivity index (χ0v) is 13.6. The molecule has 1 saturated heterocycles. The molecular formula is C17H19N3O4. The van der Waals surface area contributed by atoms with Gasteiger partial charge in [-0.3, -0.25) is 9.59 Å². The summed E-state index contributed by atoms with van der Waals surface area (Å²) < 4.78 is 10.4. The fraction of sp³-hybridized carbons (Fsp3) is 0.353. The summed E-state index contributed by atoms with van der Waals surface area (Å²) in [6, 6.07) is 8.60. The van der Waals surface area contributed by atoms with Crippen molar-refractivity contribution in [2.75, 3.05) is 13.7 Å². The Labute approximate surface area is 139 Å². The molecule has 1 aliphatic heterocycles. The Kier molecular flexibility index (Phi) is 4.35. The molecule has 7 heteroatoms. The van der Waals surface area contributed by atoms with Crippen LogP contribution in [0.3, 0.4) is 0 Å². The molecule has 1 aromatic heterocycles. The maximum atomic E-state index is 12.7. The molecule has 1 aliphatic rings. The fourth-order valence-electron chi connectivity index (χ4n) is 2.84. The van der Waals surface area contributed by atoms with Crippen molar-refractivity contribution >= 4 is 11.8 Å². The van der Waals surface area contributed by atoms with Crippen LogP contribution in [0.4, 0.5) is 0 Å². The summed E-state index contributed by atoms with van der Waals surface area (Å²) in [4.78, 5) is 25.6. The Morgan fingerprint density at radius 1 is 1.33 bits per heavy atom. The van der Waals surface area contributed by atoms with E-state index in [2.05, 4.69) is 5.16 Å². The van der Waals surface area contributed by atoms with Gasteiger partial charge < -0.3 is 19.9 Å². The van der Waals surface area contributed by atoms with Crippen molar-refractivity contribution in [2.24, 2.45) is 5.73 Å². The lowest BCUT2D eigenvalue weighted by Crippen LogP contribution is -2.43. The second-order valence-corrected chi connectivity index (χ2v) is 5.91. The quantitative estimate of drug-likeness (QED) is 0.913. The first-order chi connectivity index (χ1) is 11.5. The summed E-state index contributed by atoms with van der Waals surface area (Å²) >= 11 is 0. The molecule has 2 atom stereocenters. The summed E-state index contributed by atoms with van der Waals surface area (Å²) in [5.74, 6) is -0.890. The van der Waals surface area contributed by atoms with Gasteiger partial charge in [-0.05, 0) is 6.92 Å². The average molecular weight is 329 g/mol. The molecule has 126 valence electrons. The molecule has 3 rings (SSSR count). The zero-order chi connectivity index (χ0) is 17.3. The summed E-state index contributed by atoms with van der Waals surface area (Å²) in [5.41, 5.74) is 7.95. The Bertz CT molecular complexity index is 753. The van der Waals surface area contributed by atoms with E-state index in [4.69, 9.17) is 15.0 Å². The van der Waals surface area contributed by atoms with Gasteiger partial charge in [-0.25, -0.2) is 0 Å². The van der Waals surface area contributed by atoms with Crippen LogP contribution < -0.4 is 5.73 Å². The van der Waals surface area contributed by atoms with Crippen molar-refractivity contribution < 1.29 is 18.8 Å². The number of hydrogen-bond donors (Lipinski definition) is 1. The minimum atomic E-state index is -0.699. The molecule has 0 spiro atoms. The molecule has 1 fully saturated rings. The Balaban J connectivity index is 1.82. The predicted molar refractivity (Wildman–Crippen MR) is 86.1 cm³/mol. The molecule has 1 aromatic carbocycles. The number of hydrogen-bond acceptors (Lipinski definition) is 5. The predicted octanol–water partition coefficient (Wildman–Crippen LogP) is 1.36. The number of rotatable bonds is 4. The first kappa shape index (κ1) is 16.2. The summed E-state index contributed by atoms with van der Waals surface area (Å²) in [5, 5.41) is 3.95. The largest absolute Gasteiger partial charge is 0.380 e. The van der Waals surface area contributed by atoms with Gasteiger partial charge in [0.2, 0.25) is 11.7 Å². The van der Waals surface area contributed by atoms with Crippen molar-refractivity contribution in [1.29, 1.82) is 0 Å². The highest BCUT2D eigenvalue weighted by Gasteiger charge is 2.40. The topological polar surface area (TPSA) is 98.7 Å². The van der Waals surface area contributed by atoms with Crippen molar-refractivity contribution in [3.05, 3.63) is 41.7 Å². The average Bonchev–Trinajstić information content (AvgIpc) is 3.22. The van der Waals surface area contributed by atoms with Crippen molar-refractivity contribution in [2.45, 2.75) is 25.5 Å². The standard InChI is InChI=1S/C17H19N3O4/c1-10-3-5-11(6-4-10)13-8-15(24-19-13)17(22)20-9-12(23-2)7-14(20)16(18)21/h3-6,8,12,14H,7,9H2,1-2H3,(H2,18,21)/t12-,14-/m0/s1. The van der Waals surface area contributed by atoms with Gasteiger partial charge in [-0.15, -0.1) is 0 Å². The number of methoxy groups -OCH3 is 1. The van der Waals surface area contributed by atoms with Crippen LogP contribution in [-0.4, -0.2) is 47.7 Å². The van der Waals surface area contributed by atoms with Gasteiger partial charge in [0, 0.05) is 31.7 Å². The minimum absolute atomic E-state index is 0.0774. The van der Waals surface area contributed by atoms with Crippen LogP contribution in [0.15, 0.2) is 34.9 Å². The van der Waals surface area contributed by atoms with Gasteiger partial charge in [-0.1, -0.05) is 35.0 Å².